The van der Waals surface area contributed by atoms with Gasteiger partial charge < -0.3 is 5.11 Å². The summed E-state index contributed by atoms with van der Waals surface area (Å²) in [7, 11) is 0. The Hall–Kier alpha value is -0.510. The van der Waals surface area contributed by atoms with Crippen molar-refractivity contribution in [1.29, 1.82) is 0 Å². The number of likely N-dealkylation sites (N-methyl/N-ethyl adjacent to an activating group) is 1. The quantitative estimate of drug-likeness (QED) is 0.846. The second-order valence-electron chi connectivity index (χ2n) is 3.89. The molecule has 1 N–H and O–H groups in total. The molecule has 0 unspecified atom stereocenters. The first-order valence-electron chi connectivity index (χ1n) is 5.41. The van der Waals surface area contributed by atoms with E-state index in [-0.39, 0.29) is 6.10 Å². The van der Waals surface area contributed by atoms with Gasteiger partial charge in [-0.2, -0.15) is 0 Å². The molecule has 3 heteroatoms. The molecule has 0 bridgehead atoms. The van der Waals surface area contributed by atoms with Crippen LogP contribution in [0.4, 0.5) is 0 Å². The third-order valence-electron chi connectivity index (χ3n) is 2.79. The van der Waals surface area contributed by atoms with Crippen LogP contribution in [-0.4, -0.2) is 41.0 Å². The number of rotatable bonds is 3. The summed E-state index contributed by atoms with van der Waals surface area (Å²) in [6.07, 6.45) is -0.185. The molecule has 2 atom stereocenters. The first-order valence-corrected chi connectivity index (χ1v) is 6.29. The van der Waals surface area contributed by atoms with Gasteiger partial charge >= 0.3 is 0 Å². The number of aliphatic hydroxyl groups is 1. The van der Waals surface area contributed by atoms with E-state index in [0.29, 0.717) is 5.25 Å². The van der Waals surface area contributed by atoms with Crippen LogP contribution in [0.2, 0.25) is 0 Å². The van der Waals surface area contributed by atoms with Crippen molar-refractivity contribution >= 4 is 11.8 Å². The number of hydrogen-bond donors (Lipinski definition) is 1. The average molecular weight is 223 g/mol. The predicted molar refractivity (Wildman–Crippen MR) is 64.2 cm³/mol. The van der Waals surface area contributed by atoms with Crippen molar-refractivity contribution in [3.63, 3.8) is 0 Å². The van der Waals surface area contributed by atoms with E-state index in [4.69, 9.17) is 0 Å². The largest absolute Gasteiger partial charge is 0.391 e. The summed E-state index contributed by atoms with van der Waals surface area (Å²) in [6, 6.07) is 10.3. The minimum absolute atomic E-state index is 0.185. The molecule has 1 aliphatic rings. The van der Waals surface area contributed by atoms with Crippen molar-refractivity contribution in [2.75, 3.05) is 19.6 Å². The van der Waals surface area contributed by atoms with E-state index in [0.717, 1.165) is 19.6 Å². The van der Waals surface area contributed by atoms with Crippen LogP contribution in [-0.2, 0) is 0 Å². The van der Waals surface area contributed by atoms with Crippen molar-refractivity contribution < 1.29 is 5.11 Å². The maximum absolute atomic E-state index is 9.89. The van der Waals surface area contributed by atoms with Gasteiger partial charge in [0, 0.05) is 23.2 Å². The molecule has 0 amide bonds. The average Bonchev–Trinajstić information content (AvgIpc) is 2.61. The highest BCUT2D eigenvalue weighted by Gasteiger charge is 2.30. The van der Waals surface area contributed by atoms with E-state index >= 15 is 0 Å². The highest BCUT2D eigenvalue weighted by molar-refractivity contribution is 8.00. The summed E-state index contributed by atoms with van der Waals surface area (Å²) in [5, 5.41) is 10.2. The normalized spacial score (nSPS) is 27.1. The molecule has 0 saturated carbocycles. The van der Waals surface area contributed by atoms with E-state index < -0.39 is 0 Å². The number of nitrogens with zero attached hydrogens (tertiary/aromatic N) is 1. The number of benzene rings is 1. The fraction of sp³-hybridized carbons (Fsp3) is 0.500. The van der Waals surface area contributed by atoms with Gasteiger partial charge in [0.05, 0.1) is 6.10 Å². The highest BCUT2D eigenvalue weighted by Crippen LogP contribution is 2.29. The predicted octanol–water partition coefficient (Wildman–Crippen LogP) is 1.84. The summed E-state index contributed by atoms with van der Waals surface area (Å²) < 4.78 is 0. The van der Waals surface area contributed by atoms with Gasteiger partial charge in [0.25, 0.3) is 0 Å². The molecule has 1 aliphatic heterocycles. The smallest absolute Gasteiger partial charge is 0.0801 e. The molecule has 0 radical (unpaired) electrons. The van der Waals surface area contributed by atoms with E-state index in [2.05, 4.69) is 24.0 Å². The molecule has 1 aromatic rings. The monoisotopic (exact) mass is 223 g/mol. The minimum atomic E-state index is -0.185. The van der Waals surface area contributed by atoms with Crippen molar-refractivity contribution in [2.45, 2.75) is 23.2 Å². The van der Waals surface area contributed by atoms with Crippen LogP contribution in [0.5, 0.6) is 0 Å². The van der Waals surface area contributed by atoms with Crippen molar-refractivity contribution in [3.05, 3.63) is 30.3 Å². The van der Waals surface area contributed by atoms with Crippen molar-refractivity contribution in [3.8, 4) is 0 Å². The van der Waals surface area contributed by atoms with Crippen LogP contribution in [0.3, 0.4) is 0 Å². The lowest BCUT2D eigenvalue weighted by atomic mass is 10.3. The Morgan fingerprint density at radius 3 is 2.67 bits per heavy atom. The lowest BCUT2D eigenvalue weighted by Crippen LogP contribution is -2.21. The van der Waals surface area contributed by atoms with E-state index in [9.17, 15) is 5.11 Å². The third-order valence-corrected chi connectivity index (χ3v) is 4.10. The van der Waals surface area contributed by atoms with Gasteiger partial charge in [-0.1, -0.05) is 25.1 Å². The summed E-state index contributed by atoms with van der Waals surface area (Å²) in [5.41, 5.74) is 0. The Bertz CT molecular complexity index is 304. The molecular weight excluding hydrogens is 206 g/mol. The van der Waals surface area contributed by atoms with Crippen LogP contribution in [0.25, 0.3) is 0 Å². The minimum Gasteiger partial charge on any atom is -0.391 e. The number of aliphatic hydroxyl groups excluding tert-OH is 1. The van der Waals surface area contributed by atoms with Gasteiger partial charge in [-0.15, -0.1) is 11.8 Å². The highest BCUT2D eigenvalue weighted by atomic mass is 32.2. The molecule has 1 heterocycles. The zero-order chi connectivity index (χ0) is 10.7. The molecule has 0 spiro atoms. The molecular formula is C12H17NOS. The second kappa shape index (κ2) is 5.01. The maximum atomic E-state index is 9.89. The van der Waals surface area contributed by atoms with E-state index in [1.54, 1.807) is 11.8 Å². The molecule has 2 nitrogen and oxygen atoms in total. The summed E-state index contributed by atoms with van der Waals surface area (Å²) in [4.78, 5) is 3.55. The van der Waals surface area contributed by atoms with Crippen LogP contribution < -0.4 is 0 Å². The fourth-order valence-corrected chi connectivity index (χ4v) is 3.07. The zero-order valence-electron chi connectivity index (χ0n) is 8.97. The van der Waals surface area contributed by atoms with Gasteiger partial charge in [0.2, 0.25) is 0 Å². The SMILES string of the molecule is CCN1C[C@H](Sc2ccccc2)[C@@H](O)C1. The Morgan fingerprint density at radius 2 is 2.07 bits per heavy atom. The number of likely N-dealkylation sites (tertiary alicyclic amines) is 1. The molecule has 0 aromatic heterocycles. The maximum Gasteiger partial charge on any atom is 0.0801 e. The fourth-order valence-electron chi connectivity index (χ4n) is 1.88. The zero-order valence-corrected chi connectivity index (χ0v) is 9.78. The standard InChI is InChI=1S/C12H17NOS/c1-2-13-8-11(14)12(9-13)15-10-6-4-3-5-7-10/h3-7,11-12,14H,2,8-9H2,1H3/t11-,12-/m0/s1. The Balaban J connectivity index is 1.96. The number of thioether (sulfide) groups is 1. The molecule has 1 fully saturated rings. The van der Waals surface area contributed by atoms with Gasteiger partial charge in [-0.3, -0.25) is 4.90 Å². The number of hydrogen-bond acceptors (Lipinski definition) is 3. The van der Waals surface area contributed by atoms with Crippen LogP contribution >= 0.6 is 11.8 Å². The second-order valence-corrected chi connectivity index (χ2v) is 5.20. The molecule has 1 saturated heterocycles. The molecule has 15 heavy (non-hydrogen) atoms. The summed E-state index contributed by atoms with van der Waals surface area (Å²) >= 11 is 1.79. The van der Waals surface area contributed by atoms with Crippen molar-refractivity contribution in [2.24, 2.45) is 0 Å². The van der Waals surface area contributed by atoms with Crippen molar-refractivity contribution in [1.82, 2.24) is 4.90 Å². The van der Waals surface area contributed by atoms with Gasteiger partial charge in [0.1, 0.15) is 0 Å². The first kappa shape index (κ1) is 11.0. The number of β-amino-alcohol motifs (C(OH)–C–C–N with tert-alkyl or cyclic N) is 1. The molecule has 82 valence electrons. The third kappa shape index (κ3) is 2.74. The molecule has 0 aliphatic carbocycles. The first-order chi connectivity index (χ1) is 7.29. The van der Waals surface area contributed by atoms with E-state index in [1.165, 1.54) is 4.90 Å². The van der Waals surface area contributed by atoms with Crippen LogP contribution in [0.1, 0.15) is 6.92 Å². The molecule has 1 aromatic carbocycles. The lowest BCUT2D eigenvalue weighted by Gasteiger charge is -2.13. The van der Waals surface area contributed by atoms with Crippen LogP contribution in [0, 0.1) is 0 Å². The summed E-state index contributed by atoms with van der Waals surface area (Å²) in [5.74, 6) is 0. The van der Waals surface area contributed by atoms with E-state index in [1.807, 2.05) is 18.2 Å². The Morgan fingerprint density at radius 1 is 1.33 bits per heavy atom. The van der Waals surface area contributed by atoms with Crippen LogP contribution in [0.15, 0.2) is 35.2 Å². The van der Waals surface area contributed by atoms with Gasteiger partial charge in [-0.25, -0.2) is 0 Å². The summed E-state index contributed by atoms with van der Waals surface area (Å²) in [6.45, 7) is 4.99. The van der Waals surface area contributed by atoms with Gasteiger partial charge in [0.15, 0.2) is 0 Å². The Kier molecular flexibility index (Phi) is 3.67. The lowest BCUT2D eigenvalue weighted by molar-refractivity contribution is 0.181. The molecule has 2 rings (SSSR count). The van der Waals surface area contributed by atoms with Gasteiger partial charge in [-0.05, 0) is 18.7 Å². The topological polar surface area (TPSA) is 23.5 Å². The Labute approximate surface area is 95.3 Å².